The summed E-state index contributed by atoms with van der Waals surface area (Å²) >= 11 is 5.88. The van der Waals surface area contributed by atoms with E-state index in [1.165, 1.54) is 6.33 Å². The molecule has 2 rings (SSSR count). The molecule has 0 atom stereocenters. The zero-order chi connectivity index (χ0) is 10.1. The summed E-state index contributed by atoms with van der Waals surface area (Å²) in [4.78, 5) is 12.2. The Labute approximate surface area is 87.0 Å². The van der Waals surface area contributed by atoms with Gasteiger partial charge in [0.1, 0.15) is 11.8 Å². The van der Waals surface area contributed by atoms with Crippen molar-refractivity contribution in [2.75, 3.05) is 0 Å². The van der Waals surface area contributed by atoms with Crippen molar-refractivity contribution in [2.24, 2.45) is 5.92 Å². The molecule has 2 aromatic heterocycles. The molecule has 0 aliphatic rings. The molecule has 74 valence electrons. The molecule has 0 spiro atoms. The lowest BCUT2D eigenvalue weighted by Crippen LogP contribution is -2.03. The molecule has 0 bridgehead atoms. The van der Waals surface area contributed by atoms with Crippen LogP contribution in [-0.4, -0.2) is 19.5 Å². The molecule has 14 heavy (non-hydrogen) atoms. The van der Waals surface area contributed by atoms with Gasteiger partial charge in [-0.05, 0) is 5.92 Å². The SMILES string of the molecule is CC(C)Cn1cnc2c(Cl)ncnc21. The van der Waals surface area contributed by atoms with E-state index in [2.05, 4.69) is 28.8 Å². The molecular weight excluding hydrogens is 200 g/mol. The van der Waals surface area contributed by atoms with Gasteiger partial charge >= 0.3 is 0 Å². The van der Waals surface area contributed by atoms with Gasteiger partial charge in [0.05, 0.1) is 6.33 Å². The van der Waals surface area contributed by atoms with E-state index < -0.39 is 0 Å². The maximum atomic E-state index is 5.88. The minimum Gasteiger partial charge on any atom is -0.315 e. The van der Waals surface area contributed by atoms with Crippen LogP contribution in [0.4, 0.5) is 0 Å². The van der Waals surface area contributed by atoms with E-state index in [1.54, 1.807) is 6.33 Å². The first kappa shape index (κ1) is 9.40. The van der Waals surface area contributed by atoms with E-state index in [0.717, 1.165) is 12.2 Å². The molecule has 0 unspecified atom stereocenters. The van der Waals surface area contributed by atoms with Crippen molar-refractivity contribution >= 4 is 22.8 Å². The quantitative estimate of drug-likeness (QED) is 0.714. The molecule has 2 aromatic rings. The number of imidazole rings is 1. The lowest BCUT2D eigenvalue weighted by atomic mass is 10.2. The Balaban J connectivity index is 2.52. The molecule has 5 heteroatoms. The van der Waals surface area contributed by atoms with E-state index in [1.807, 2.05) is 4.57 Å². The third-order valence-electron chi connectivity index (χ3n) is 1.92. The standard InChI is InChI=1S/C9H11ClN4/c1-6(2)3-14-5-13-7-8(10)11-4-12-9(7)14/h4-6H,3H2,1-2H3. The minimum absolute atomic E-state index is 0.414. The average molecular weight is 211 g/mol. The lowest BCUT2D eigenvalue weighted by Gasteiger charge is -2.05. The highest BCUT2D eigenvalue weighted by atomic mass is 35.5. The first-order valence-electron chi connectivity index (χ1n) is 4.50. The molecule has 0 amide bonds. The first-order valence-corrected chi connectivity index (χ1v) is 4.87. The monoisotopic (exact) mass is 210 g/mol. The fourth-order valence-electron chi connectivity index (χ4n) is 1.38. The topological polar surface area (TPSA) is 43.6 Å². The van der Waals surface area contributed by atoms with Crippen molar-refractivity contribution in [2.45, 2.75) is 20.4 Å². The summed E-state index contributed by atoms with van der Waals surface area (Å²) < 4.78 is 1.99. The van der Waals surface area contributed by atoms with Crippen LogP contribution >= 0.6 is 11.6 Å². The Morgan fingerprint density at radius 3 is 2.86 bits per heavy atom. The van der Waals surface area contributed by atoms with Crippen LogP contribution < -0.4 is 0 Å². The zero-order valence-electron chi connectivity index (χ0n) is 8.11. The fourth-order valence-corrected chi connectivity index (χ4v) is 1.56. The van der Waals surface area contributed by atoms with Crippen molar-refractivity contribution in [1.82, 2.24) is 19.5 Å². The molecule has 0 aromatic carbocycles. The third kappa shape index (κ3) is 1.57. The van der Waals surface area contributed by atoms with Gasteiger partial charge in [-0.25, -0.2) is 15.0 Å². The molecule has 0 radical (unpaired) electrons. The number of rotatable bonds is 2. The summed E-state index contributed by atoms with van der Waals surface area (Å²) in [7, 11) is 0. The first-order chi connectivity index (χ1) is 6.68. The van der Waals surface area contributed by atoms with Gasteiger partial charge in [-0.15, -0.1) is 0 Å². The largest absolute Gasteiger partial charge is 0.315 e. The second kappa shape index (κ2) is 3.53. The molecule has 0 saturated heterocycles. The third-order valence-corrected chi connectivity index (χ3v) is 2.20. The minimum atomic E-state index is 0.414. The number of fused-ring (bicyclic) bond motifs is 1. The van der Waals surface area contributed by atoms with Crippen molar-refractivity contribution in [1.29, 1.82) is 0 Å². The van der Waals surface area contributed by atoms with E-state index >= 15 is 0 Å². The zero-order valence-corrected chi connectivity index (χ0v) is 8.86. The van der Waals surface area contributed by atoms with Gasteiger partial charge in [-0.2, -0.15) is 0 Å². The Morgan fingerprint density at radius 2 is 2.14 bits per heavy atom. The highest BCUT2D eigenvalue weighted by Gasteiger charge is 2.08. The number of hydrogen-bond acceptors (Lipinski definition) is 3. The Bertz CT molecular complexity index is 449. The van der Waals surface area contributed by atoms with Crippen LogP contribution in [-0.2, 0) is 6.54 Å². The molecular formula is C9H11ClN4. The summed E-state index contributed by atoms with van der Waals surface area (Å²) in [5.41, 5.74) is 1.48. The van der Waals surface area contributed by atoms with Crippen LogP contribution in [0.2, 0.25) is 5.15 Å². The normalized spacial score (nSPS) is 11.4. The second-order valence-electron chi connectivity index (χ2n) is 3.63. The molecule has 0 saturated carbocycles. The van der Waals surface area contributed by atoms with Crippen molar-refractivity contribution in [3.63, 3.8) is 0 Å². The highest BCUT2D eigenvalue weighted by Crippen LogP contribution is 2.17. The van der Waals surface area contributed by atoms with Crippen LogP contribution in [0, 0.1) is 5.92 Å². The number of hydrogen-bond donors (Lipinski definition) is 0. The summed E-state index contributed by atoms with van der Waals surface area (Å²) in [5, 5.41) is 0.414. The van der Waals surface area contributed by atoms with Crippen LogP contribution in [0.1, 0.15) is 13.8 Å². The predicted octanol–water partition coefficient (Wildman–Crippen LogP) is 2.14. The van der Waals surface area contributed by atoms with Crippen LogP contribution in [0.15, 0.2) is 12.7 Å². The van der Waals surface area contributed by atoms with Gasteiger partial charge in [0.2, 0.25) is 0 Å². The van der Waals surface area contributed by atoms with Gasteiger partial charge in [0.15, 0.2) is 10.8 Å². The Morgan fingerprint density at radius 1 is 1.36 bits per heavy atom. The molecule has 4 nitrogen and oxygen atoms in total. The summed E-state index contributed by atoms with van der Waals surface area (Å²) in [6.45, 7) is 5.19. The van der Waals surface area contributed by atoms with Gasteiger partial charge < -0.3 is 4.57 Å². The van der Waals surface area contributed by atoms with Crippen molar-refractivity contribution in [3.8, 4) is 0 Å². The summed E-state index contributed by atoms with van der Waals surface area (Å²) in [6.07, 6.45) is 3.22. The summed E-state index contributed by atoms with van der Waals surface area (Å²) in [5.74, 6) is 0.557. The number of halogens is 1. The highest BCUT2D eigenvalue weighted by molar-refractivity contribution is 6.33. The smallest absolute Gasteiger partial charge is 0.164 e. The van der Waals surface area contributed by atoms with Crippen LogP contribution in [0.5, 0.6) is 0 Å². The molecule has 0 aliphatic heterocycles. The molecule has 2 heterocycles. The predicted molar refractivity (Wildman–Crippen MR) is 55.2 cm³/mol. The second-order valence-corrected chi connectivity index (χ2v) is 3.99. The van der Waals surface area contributed by atoms with E-state index in [-0.39, 0.29) is 0 Å². The number of aromatic nitrogens is 4. The van der Waals surface area contributed by atoms with Crippen LogP contribution in [0.25, 0.3) is 11.2 Å². The molecule has 0 N–H and O–H groups in total. The Kier molecular flexibility index (Phi) is 2.37. The van der Waals surface area contributed by atoms with Crippen LogP contribution in [0.3, 0.4) is 0 Å². The number of nitrogens with zero attached hydrogens (tertiary/aromatic N) is 4. The molecule has 0 aliphatic carbocycles. The van der Waals surface area contributed by atoms with Gasteiger partial charge in [-0.3, -0.25) is 0 Å². The lowest BCUT2D eigenvalue weighted by molar-refractivity contribution is 0.530. The van der Waals surface area contributed by atoms with Crippen molar-refractivity contribution < 1.29 is 0 Å². The van der Waals surface area contributed by atoms with E-state index in [9.17, 15) is 0 Å². The Hall–Kier alpha value is -1.16. The average Bonchev–Trinajstić information content (AvgIpc) is 2.49. The van der Waals surface area contributed by atoms with Gasteiger partial charge in [0, 0.05) is 6.54 Å². The van der Waals surface area contributed by atoms with Gasteiger partial charge in [-0.1, -0.05) is 25.4 Å². The van der Waals surface area contributed by atoms with E-state index in [0.29, 0.717) is 16.6 Å². The van der Waals surface area contributed by atoms with Crippen molar-refractivity contribution in [3.05, 3.63) is 17.8 Å². The maximum Gasteiger partial charge on any atom is 0.164 e. The molecule has 0 fully saturated rings. The maximum absolute atomic E-state index is 5.88. The fraction of sp³-hybridized carbons (Fsp3) is 0.444. The van der Waals surface area contributed by atoms with E-state index in [4.69, 9.17) is 11.6 Å². The summed E-state index contributed by atoms with van der Waals surface area (Å²) in [6, 6.07) is 0. The van der Waals surface area contributed by atoms with Gasteiger partial charge in [0.25, 0.3) is 0 Å².